The lowest BCUT2D eigenvalue weighted by Crippen LogP contribution is -2.30. The van der Waals surface area contributed by atoms with Crippen LogP contribution in [-0.4, -0.2) is 26.8 Å². The van der Waals surface area contributed by atoms with Gasteiger partial charge in [0.1, 0.15) is 0 Å². The monoisotopic (exact) mass is 333 g/mol. The van der Waals surface area contributed by atoms with Gasteiger partial charge in [0.15, 0.2) is 9.84 Å². The predicted octanol–water partition coefficient (Wildman–Crippen LogP) is 2.75. The van der Waals surface area contributed by atoms with Crippen molar-refractivity contribution in [3.05, 3.63) is 34.3 Å². The Hall–Kier alpha value is -0.390. The molecule has 0 amide bonds. The lowest BCUT2D eigenvalue weighted by atomic mass is 10.2. The van der Waals surface area contributed by atoms with E-state index in [1.54, 1.807) is 0 Å². The number of sulfone groups is 1. The maximum absolute atomic E-state index is 11.9. The number of benzene rings is 1. The highest BCUT2D eigenvalue weighted by atomic mass is 79.9. The smallest absolute Gasteiger partial charge is 0.155 e. The molecule has 0 spiro atoms. The van der Waals surface area contributed by atoms with Gasteiger partial charge in [-0.2, -0.15) is 0 Å². The van der Waals surface area contributed by atoms with E-state index in [0.29, 0.717) is 12.6 Å². The average molecular weight is 334 g/mol. The molecular weight excluding hydrogens is 314 g/mol. The summed E-state index contributed by atoms with van der Waals surface area (Å²) < 4.78 is 24.8. The van der Waals surface area contributed by atoms with Crippen LogP contribution in [0.2, 0.25) is 0 Å². The van der Waals surface area contributed by atoms with Crippen LogP contribution in [0.5, 0.6) is 0 Å². The van der Waals surface area contributed by atoms with E-state index in [4.69, 9.17) is 0 Å². The molecule has 3 nitrogen and oxygen atoms in total. The Kier molecular flexibility index (Phi) is 6.32. The molecule has 0 bridgehead atoms. The van der Waals surface area contributed by atoms with Crippen LogP contribution in [0.25, 0.3) is 0 Å². The molecule has 0 aliphatic carbocycles. The van der Waals surface area contributed by atoms with Gasteiger partial charge < -0.3 is 5.32 Å². The lowest BCUT2D eigenvalue weighted by Gasteiger charge is -2.11. The minimum absolute atomic E-state index is 0.114. The van der Waals surface area contributed by atoms with E-state index in [9.17, 15) is 8.42 Å². The first-order valence-electron chi connectivity index (χ1n) is 6.11. The second-order valence-electron chi connectivity index (χ2n) is 4.48. The van der Waals surface area contributed by atoms with Gasteiger partial charge in [0.05, 0.1) is 11.5 Å². The summed E-state index contributed by atoms with van der Waals surface area (Å²) in [6.45, 7) is 4.66. The zero-order chi connectivity index (χ0) is 13.6. The van der Waals surface area contributed by atoms with Crippen LogP contribution in [0.15, 0.2) is 28.7 Å². The van der Waals surface area contributed by atoms with E-state index >= 15 is 0 Å². The van der Waals surface area contributed by atoms with Gasteiger partial charge in [0, 0.05) is 17.1 Å². The molecule has 1 aromatic rings. The molecule has 0 radical (unpaired) electrons. The Morgan fingerprint density at radius 1 is 1.28 bits per heavy atom. The van der Waals surface area contributed by atoms with Crippen LogP contribution < -0.4 is 5.32 Å². The molecule has 5 heteroatoms. The van der Waals surface area contributed by atoms with Crippen LogP contribution in [-0.2, 0) is 15.6 Å². The van der Waals surface area contributed by atoms with Crippen molar-refractivity contribution in [1.29, 1.82) is 0 Å². The van der Waals surface area contributed by atoms with Gasteiger partial charge in [-0.3, -0.25) is 0 Å². The summed E-state index contributed by atoms with van der Waals surface area (Å²) in [5.41, 5.74) is 0.835. The van der Waals surface area contributed by atoms with Gasteiger partial charge in [0.2, 0.25) is 0 Å². The molecule has 1 N–H and O–H groups in total. The van der Waals surface area contributed by atoms with Gasteiger partial charge in [-0.05, 0) is 31.0 Å². The summed E-state index contributed by atoms with van der Waals surface area (Å²) in [5, 5.41) is 3.20. The van der Waals surface area contributed by atoms with Crippen molar-refractivity contribution >= 4 is 25.8 Å². The van der Waals surface area contributed by atoms with E-state index in [0.717, 1.165) is 16.5 Å². The first kappa shape index (κ1) is 15.7. The zero-order valence-corrected chi connectivity index (χ0v) is 13.2. The summed E-state index contributed by atoms with van der Waals surface area (Å²) in [5.74, 6) is 0.301. The van der Waals surface area contributed by atoms with E-state index in [-0.39, 0.29) is 11.5 Å². The van der Waals surface area contributed by atoms with E-state index in [2.05, 4.69) is 35.1 Å². The Labute approximate surface area is 118 Å². The van der Waals surface area contributed by atoms with Crippen molar-refractivity contribution < 1.29 is 8.42 Å². The molecule has 0 saturated carbocycles. The molecule has 0 saturated heterocycles. The quantitative estimate of drug-likeness (QED) is 0.834. The van der Waals surface area contributed by atoms with Gasteiger partial charge >= 0.3 is 0 Å². The Bertz CT molecular complexity index is 456. The second-order valence-corrected chi connectivity index (χ2v) is 7.58. The largest absolute Gasteiger partial charge is 0.313 e. The van der Waals surface area contributed by atoms with Gasteiger partial charge in [-0.1, -0.05) is 35.0 Å². The van der Waals surface area contributed by atoms with Crippen molar-refractivity contribution in [3.8, 4) is 0 Å². The van der Waals surface area contributed by atoms with E-state index < -0.39 is 9.84 Å². The number of rotatable bonds is 7. The number of halogens is 1. The fourth-order valence-electron chi connectivity index (χ4n) is 1.51. The molecule has 0 aliphatic heterocycles. The van der Waals surface area contributed by atoms with Crippen molar-refractivity contribution in [3.63, 3.8) is 0 Å². The summed E-state index contributed by atoms with van der Waals surface area (Å²) >= 11 is 3.33. The summed E-state index contributed by atoms with van der Waals surface area (Å²) in [7, 11) is -3.03. The Balaban J connectivity index is 2.47. The van der Waals surface area contributed by atoms with Gasteiger partial charge in [-0.15, -0.1) is 0 Å². The molecular formula is C13H20BrNO2S. The zero-order valence-electron chi connectivity index (χ0n) is 10.8. The maximum atomic E-state index is 11.9. The lowest BCUT2D eigenvalue weighted by molar-refractivity contribution is 0.544. The molecule has 1 rings (SSSR count). The highest BCUT2D eigenvalue weighted by molar-refractivity contribution is 9.10. The molecule has 18 heavy (non-hydrogen) atoms. The maximum Gasteiger partial charge on any atom is 0.155 e. The third-order valence-electron chi connectivity index (χ3n) is 2.82. The third-order valence-corrected chi connectivity index (χ3v) is 4.95. The van der Waals surface area contributed by atoms with Crippen molar-refractivity contribution in [2.24, 2.45) is 0 Å². The first-order chi connectivity index (χ1) is 8.43. The van der Waals surface area contributed by atoms with Crippen molar-refractivity contribution in [1.82, 2.24) is 5.32 Å². The van der Waals surface area contributed by atoms with E-state index in [1.165, 1.54) is 0 Å². The second kappa shape index (κ2) is 7.26. The first-order valence-corrected chi connectivity index (χ1v) is 8.72. The molecule has 0 fully saturated rings. The molecule has 0 heterocycles. The van der Waals surface area contributed by atoms with E-state index in [1.807, 2.05) is 24.3 Å². The normalized spacial score (nSPS) is 13.5. The predicted molar refractivity (Wildman–Crippen MR) is 79.4 cm³/mol. The van der Waals surface area contributed by atoms with Gasteiger partial charge in [0.25, 0.3) is 0 Å². The van der Waals surface area contributed by atoms with Gasteiger partial charge in [-0.25, -0.2) is 8.42 Å². The summed E-state index contributed by atoms with van der Waals surface area (Å²) in [4.78, 5) is 0. The number of hydrogen-bond donors (Lipinski definition) is 1. The fraction of sp³-hybridized carbons (Fsp3) is 0.538. The molecule has 1 atom stereocenters. The average Bonchev–Trinajstić information content (AvgIpc) is 2.31. The fourth-order valence-corrected chi connectivity index (χ4v) is 3.05. The number of nitrogens with one attached hydrogen (secondary N) is 1. The van der Waals surface area contributed by atoms with Crippen LogP contribution in [0.3, 0.4) is 0 Å². The van der Waals surface area contributed by atoms with Crippen LogP contribution >= 0.6 is 15.9 Å². The number of hydrogen-bond acceptors (Lipinski definition) is 3. The minimum atomic E-state index is -3.03. The minimum Gasteiger partial charge on any atom is -0.313 e. The summed E-state index contributed by atoms with van der Waals surface area (Å²) in [6.07, 6.45) is 1.01. The van der Waals surface area contributed by atoms with Crippen LogP contribution in [0, 0.1) is 0 Å². The Morgan fingerprint density at radius 3 is 2.44 bits per heavy atom. The molecule has 0 aliphatic rings. The van der Waals surface area contributed by atoms with Crippen molar-refractivity contribution in [2.45, 2.75) is 32.1 Å². The van der Waals surface area contributed by atoms with Crippen molar-refractivity contribution in [2.75, 3.05) is 12.3 Å². The third kappa shape index (κ3) is 5.98. The molecule has 102 valence electrons. The molecule has 0 unspecified atom stereocenters. The SMILES string of the molecule is CC[C@@H](C)NCCS(=O)(=O)Cc1ccc(Br)cc1. The highest BCUT2D eigenvalue weighted by Gasteiger charge is 2.12. The summed E-state index contributed by atoms with van der Waals surface area (Å²) in [6, 6.07) is 7.77. The highest BCUT2D eigenvalue weighted by Crippen LogP contribution is 2.13. The molecule has 1 aromatic carbocycles. The standard InChI is InChI=1S/C13H20BrNO2S/c1-3-11(2)15-8-9-18(16,17)10-12-4-6-13(14)7-5-12/h4-7,11,15H,3,8-10H2,1-2H3/t11-/m1/s1. The van der Waals surface area contributed by atoms with Crippen LogP contribution in [0.4, 0.5) is 0 Å². The molecule has 0 aromatic heterocycles. The topological polar surface area (TPSA) is 46.2 Å². The Morgan fingerprint density at radius 2 is 1.89 bits per heavy atom. The van der Waals surface area contributed by atoms with Crippen LogP contribution in [0.1, 0.15) is 25.8 Å².